The fourth-order valence-electron chi connectivity index (χ4n) is 1.95. The summed E-state index contributed by atoms with van der Waals surface area (Å²) >= 11 is 0. The summed E-state index contributed by atoms with van der Waals surface area (Å²) < 4.78 is 26.2. The highest BCUT2D eigenvalue weighted by atomic mass is 19.2. The van der Waals surface area contributed by atoms with Crippen LogP contribution in [0.5, 0.6) is 0 Å². The maximum Gasteiger partial charge on any atom is 0.270 e. The van der Waals surface area contributed by atoms with E-state index >= 15 is 0 Å². The van der Waals surface area contributed by atoms with Crippen LogP contribution in [0.4, 0.5) is 20.3 Å². The van der Waals surface area contributed by atoms with Crippen LogP contribution in [-0.2, 0) is 0 Å². The lowest BCUT2D eigenvalue weighted by Gasteiger charge is -2.11. The first-order valence-electron chi connectivity index (χ1n) is 7.36. The molecule has 2 N–H and O–H groups in total. The molecule has 1 heterocycles. The van der Waals surface area contributed by atoms with Gasteiger partial charge < -0.3 is 15.5 Å². The molecule has 0 fully saturated rings. The molecule has 1 aromatic heterocycles. The molecule has 0 radical (unpaired) electrons. The molecule has 1 aromatic carbocycles. The summed E-state index contributed by atoms with van der Waals surface area (Å²) in [5.41, 5.74) is 0.525. The molecule has 128 valence electrons. The Kier molecular flexibility index (Phi) is 5.75. The maximum absolute atomic E-state index is 13.3. The number of carbonyl (C=O) groups excluding carboxylic acids is 1. The zero-order valence-corrected chi connectivity index (χ0v) is 13.7. The Hall–Kier alpha value is -2.61. The van der Waals surface area contributed by atoms with Crippen molar-refractivity contribution < 1.29 is 13.6 Å². The zero-order valence-electron chi connectivity index (χ0n) is 13.7. The first-order valence-corrected chi connectivity index (χ1v) is 7.36. The van der Waals surface area contributed by atoms with E-state index in [9.17, 15) is 13.6 Å². The van der Waals surface area contributed by atoms with Crippen molar-refractivity contribution in [2.24, 2.45) is 0 Å². The fraction of sp³-hybridized carbons (Fsp3) is 0.312. The van der Waals surface area contributed by atoms with Crippen molar-refractivity contribution in [1.82, 2.24) is 20.2 Å². The summed E-state index contributed by atoms with van der Waals surface area (Å²) in [6, 6.07) is 4.87. The van der Waals surface area contributed by atoms with E-state index in [0.717, 1.165) is 12.1 Å². The van der Waals surface area contributed by atoms with E-state index in [2.05, 4.69) is 20.6 Å². The lowest BCUT2D eigenvalue weighted by molar-refractivity contribution is 0.0945. The Morgan fingerprint density at radius 3 is 2.58 bits per heavy atom. The lowest BCUT2D eigenvalue weighted by Crippen LogP contribution is -2.32. The number of nitrogens with one attached hydrogen (secondary N) is 2. The van der Waals surface area contributed by atoms with Crippen LogP contribution < -0.4 is 10.6 Å². The Balaban J connectivity index is 2.12. The van der Waals surface area contributed by atoms with Crippen molar-refractivity contribution in [3.05, 3.63) is 47.4 Å². The lowest BCUT2D eigenvalue weighted by atomic mass is 10.3. The minimum absolute atomic E-state index is 0.200. The number of hydrogen-bond donors (Lipinski definition) is 2. The van der Waals surface area contributed by atoms with Crippen LogP contribution in [0.15, 0.2) is 24.3 Å². The van der Waals surface area contributed by atoms with Crippen molar-refractivity contribution in [3.63, 3.8) is 0 Å². The third-order valence-electron chi connectivity index (χ3n) is 3.11. The predicted octanol–water partition coefficient (Wildman–Crippen LogP) is 2.10. The quantitative estimate of drug-likeness (QED) is 0.846. The molecule has 0 atom stereocenters. The van der Waals surface area contributed by atoms with Crippen LogP contribution in [0.25, 0.3) is 0 Å². The van der Waals surface area contributed by atoms with Gasteiger partial charge in [-0.2, -0.15) is 0 Å². The van der Waals surface area contributed by atoms with Crippen LogP contribution in [0, 0.1) is 18.6 Å². The molecule has 0 saturated heterocycles. The van der Waals surface area contributed by atoms with Gasteiger partial charge in [-0.25, -0.2) is 18.7 Å². The normalized spacial score (nSPS) is 10.8. The van der Waals surface area contributed by atoms with E-state index in [1.807, 2.05) is 19.0 Å². The van der Waals surface area contributed by atoms with Crippen molar-refractivity contribution >= 4 is 17.4 Å². The molecule has 0 aliphatic carbocycles. The zero-order chi connectivity index (χ0) is 17.7. The average Bonchev–Trinajstić information content (AvgIpc) is 2.50. The number of halogens is 2. The monoisotopic (exact) mass is 335 g/mol. The summed E-state index contributed by atoms with van der Waals surface area (Å²) in [5, 5.41) is 5.59. The second kappa shape index (κ2) is 7.78. The number of likely N-dealkylation sites (N-methyl/N-ethyl adjacent to an activating group) is 1. The number of carbonyl (C=O) groups is 1. The van der Waals surface area contributed by atoms with Crippen LogP contribution in [0.3, 0.4) is 0 Å². The molecule has 0 aliphatic heterocycles. The number of amides is 1. The van der Waals surface area contributed by atoms with Gasteiger partial charge in [0.1, 0.15) is 17.3 Å². The van der Waals surface area contributed by atoms with Gasteiger partial charge >= 0.3 is 0 Å². The van der Waals surface area contributed by atoms with Gasteiger partial charge in [0.15, 0.2) is 11.6 Å². The number of rotatable bonds is 6. The van der Waals surface area contributed by atoms with Gasteiger partial charge in [-0.05, 0) is 33.2 Å². The number of aryl methyl sites for hydroxylation is 1. The van der Waals surface area contributed by atoms with Crippen LogP contribution in [0.1, 0.15) is 16.3 Å². The topological polar surface area (TPSA) is 70.2 Å². The highest BCUT2D eigenvalue weighted by molar-refractivity contribution is 5.93. The summed E-state index contributed by atoms with van der Waals surface area (Å²) in [6.07, 6.45) is 0. The van der Waals surface area contributed by atoms with E-state index in [0.29, 0.717) is 30.4 Å². The molecule has 0 bridgehead atoms. The van der Waals surface area contributed by atoms with Gasteiger partial charge in [-0.15, -0.1) is 0 Å². The fourth-order valence-corrected chi connectivity index (χ4v) is 1.95. The second-order valence-electron chi connectivity index (χ2n) is 5.50. The molecular formula is C16H19F2N5O. The minimum atomic E-state index is -0.965. The molecule has 24 heavy (non-hydrogen) atoms. The predicted molar refractivity (Wildman–Crippen MR) is 87.3 cm³/mol. The van der Waals surface area contributed by atoms with Crippen LogP contribution in [-0.4, -0.2) is 48.0 Å². The Morgan fingerprint density at radius 1 is 1.17 bits per heavy atom. The number of hydrogen-bond acceptors (Lipinski definition) is 5. The van der Waals surface area contributed by atoms with Gasteiger partial charge in [0.2, 0.25) is 0 Å². The van der Waals surface area contributed by atoms with Gasteiger partial charge in [-0.3, -0.25) is 4.79 Å². The van der Waals surface area contributed by atoms with Gasteiger partial charge in [0.05, 0.1) is 0 Å². The minimum Gasteiger partial charge on any atom is -0.349 e. The molecule has 2 aromatic rings. The third-order valence-corrected chi connectivity index (χ3v) is 3.11. The summed E-state index contributed by atoms with van der Waals surface area (Å²) in [6.45, 7) is 2.84. The van der Waals surface area contributed by atoms with Crippen LogP contribution >= 0.6 is 0 Å². The molecule has 8 heteroatoms. The Bertz CT molecular complexity index is 736. The summed E-state index contributed by atoms with van der Waals surface area (Å²) in [5.74, 6) is -1.50. The Morgan fingerprint density at radius 2 is 1.92 bits per heavy atom. The van der Waals surface area contributed by atoms with E-state index in [1.165, 1.54) is 12.1 Å². The smallest absolute Gasteiger partial charge is 0.270 e. The van der Waals surface area contributed by atoms with Crippen molar-refractivity contribution in [2.45, 2.75) is 6.92 Å². The van der Waals surface area contributed by atoms with E-state index in [1.54, 1.807) is 6.92 Å². The number of anilines is 2. The first kappa shape index (κ1) is 17.7. The van der Waals surface area contributed by atoms with Gasteiger partial charge in [0, 0.05) is 30.9 Å². The number of nitrogens with zero attached hydrogens (tertiary/aromatic N) is 3. The largest absolute Gasteiger partial charge is 0.349 e. The van der Waals surface area contributed by atoms with E-state index in [4.69, 9.17) is 0 Å². The second-order valence-corrected chi connectivity index (χ2v) is 5.50. The average molecular weight is 335 g/mol. The molecule has 2 rings (SSSR count). The summed E-state index contributed by atoms with van der Waals surface area (Å²) in [7, 11) is 3.82. The van der Waals surface area contributed by atoms with E-state index < -0.39 is 11.6 Å². The van der Waals surface area contributed by atoms with E-state index in [-0.39, 0.29) is 11.6 Å². The first-order chi connectivity index (χ1) is 11.3. The molecule has 1 amide bonds. The number of aromatic nitrogens is 2. The SMILES string of the molecule is Cc1nc(Nc2ccc(F)c(F)c2)cc(C(=O)NCCN(C)C)n1. The van der Waals surface area contributed by atoms with Crippen molar-refractivity contribution in [3.8, 4) is 0 Å². The standard InChI is InChI=1S/C16H19F2N5O/c1-10-20-14(16(24)19-6-7-23(2)3)9-15(21-10)22-11-4-5-12(17)13(18)8-11/h4-5,8-9H,6-7H2,1-3H3,(H,19,24)(H,20,21,22). The highest BCUT2D eigenvalue weighted by Gasteiger charge is 2.11. The van der Waals surface area contributed by atoms with Crippen molar-refractivity contribution in [2.75, 3.05) is 32.5 Å². The number of benzene rings is 1. The molecule has 0 unspecified atom stereocenters. The van der Waals surface area contributed by atoms with Gasteiger partial charge in [-0.1, -0.05) is 0 Å². The third kappa shape index (κ3) is 4.95. The molecule has 0 aliphatic rings. The van der Waals surface area contributed by atoms with Crippen molar-refractivity contribution in [1.29, 1.82) is 0 Å². The molecule has 0 saturated carbocycles. The highest BCUT2D eigenvalue weighted by Crippen LogP contribution is 2.18. The Labute approximate surface area is 138 Å². The summed E-state index contributed by atoms with van der Waals surface area (Å²) in [4.78, 5) is 22.3. The molecule has 0 spiro atoms. The van der Waals surface area contributed by atoms with Gasteiger partial charge in [0.25, 0.3) is 5.91 Å². The maximum atomic E-state index is 13.3. The van der Waals surface area contributed by atoms with Crippen LogP contribution in [0.2, 0.25) is 0 Å². The molecular weight excluding hydrogens is 316 g/mol. The molecule has 6 nitrogen and oxygen atoms in total.